The lowest BCUT2D eigenvalue weighted by Gasteiger charge is -2.13. The monoisotopic (exact) mass is 213 g/mol. The molecule has 0 saturated heterocycles. The number of rotatable bonds is 1. The summed E-state index contributed by atoms with van der Waals surface area (Å²) < 4.78 is 40.1. The summed E-state index contributed by atoms with van der Waals surface area (Å²) in [5.74, 6) is -3.83. The molecule has 4 heteroatoms. The van der Waals surface area contributed by atoms with Gasteiger partial charge in [0.1, 0.15) is 17.4 Å². The zero-order valence-corrected chi connectivity index (χ0v) is 8.66. The molecule has 0 fully saturated rings. The van der Waals surface area contributed by atoms with Crippen molar-refractivity contribution in [1.82, 2.24) is 0 Å². The molecule has 80 valence electrons. The Hall–Kier alpha value is -1.50. The highest BCUT2D eigenvalue weighted by Gasteiger charge is 2.23. The molecule has 0 saturated carbocycles. The van der Waals surface area contributed by atoms with E-state index in [1.807, 2.05) is 0 Å². The van der Waals surface area contributed by atoms with Crippen LogP contribution in [0.5, 0.6) is 0 Å². The number of benzene rings is 1. The zero-order chi connectivity index (χ0) is 11.7. The Morgan fingerprint density at radius 3 is 2.00 bits per heavy atom. The van der Waals surface area contributed by atoms with E-state index in [9.17, 15) is 13.2 Å². The molecule has 0 heterocycles. The minimum Gasteiger partial charge on any atom is -0.205 e. The third-order valence-corrected chi connectivity index (χ3v) is 2.29. The molecule has 15 heavy (non-hydrogen) atoms. The molecule has 0 aliphatic rings. The molecule has 0 spiro atoms. The van der Waals surface area contributed by atoms with Crippen LogP contribution in [0.15, 0.2) is 0 Å². The second-order valence-corrected chi connectivity index (χ2v) is 3.62. The fraction of sp³-hybridized carbons (Fsp3) is 0.364. The summed E-state index contributed by atoms with van der Waals surface area (Å²) >= 11 is 0. The maximum atomic E-state index is 13.4. The summed E-state index contributed by atoms with van der Waals surface area (Å²) in [6.45, 7) is 4.61. The largest absolute Gasteiger partial charge is 0.205 e. The highest BCUT2D eigenvalue weighted by Crippen LogP contribution is 2.29. The number of nitriles is 1. The van der Waals surface area contributed by atoms with E-state index in [0.717, 1.165) is 0 Å². The van der Waals surface area contributed by atoms with Crippen LogP contribution in [-0.4, -0.2) is 0 Å². The Morgan fingerprint density at radius 1 is 1.07 bits per heavy atom. The van der Waals surface area contributed by atoms with E-state index < -0.39 is 23.0 Å². The van der Waals surface area contributed by atoms with Crippen molar-refractivity contribution in [1.29, 1.82) is 5.26 Å². The van der Waals surface area contributed by atoms with Gasteiger partial charge in [0.15, 0.2) is 11.6 Å². The van der Waals surface area contributed by atoms with Crippen LogP contribution in [0.2, 0.25) is 0 Å². The van der Waals surface area contributed by atoms with Crippen molar-refractivity contribution in [2.45, 2.75) is 26.7 Å². The van der Waals surface area contributed by atoms with Crippen molar-refractivity contribution in [3.8, 4) is 6.07 Å². The first-order valence-electron chi connectivity index (χ1n) is 4.48. The molecule has 0 radical (unpaired) electrons. The number of nitrogens with zero attached hydrogens (tertiary/aromatic N) is 1. The minimum atomic E-state index is -1.40. The van der Waals surface area contributed by atoms with Crippen LogP contribution in [0.1, 0.15) is 36.5 Å². The second kappa shape index (κ2) is 3.93. The standard InChI is InChI=1S/C11H10F3N/c1-5(2)8-6(3)9(12)7(4-15)10(13)11(8)14/h5H,1-3H3. The molecular weight excluding hydrogens is 203 g/mol. The van der Waals surface area contributed by atoms with E-state index >= 15 is 0 Å². The first kappa shape index (κ1) is 11.6. The van der Waals surface area contributed by atoms with Crippen LogP contribution >= 0.6 is 0 Å². The predicted molar refractivity (Wildman–Crippen MR) is 49.9 cm³/mol. The quantitative estimate of drug-likeness (QED) is 0.656. The van der Waals surface area contributed by atoms with Crippen LogP contribution in [0.3, 0.4) is 0 Å². The lowest BCUT2D eigenvalue weighted by atomic mass is 9.94. The van der Waals surface area contributed by atoms with Crippen LogP contribution in [-0.2, 0) is 0 Å². The number of hydrogen-bond acceptors (Lipinski definition) is 1. The van der Waals surface area contributed by atoms with Gasteiger partial charge in [-0.3, -0.25) is 0 Å². The van der Waals surface area contributed by atoms with Crippen LogP contribution in [0.4, 0.5) is 13.2 Å². The summed E-state index contributed by atoms with van der Waals surface area (Å²) in [5, 5.41) is 8.48. The maximum absolute atomic E-state index is 13.4. The highest BCUT2D eigenvalue weighted by molar-refractivity contribution is 5.42. The fourth-order valence-electron chi connectivity index (χ4n) is 1.58. The third-order valence-electron chi connectivity index (χ3n) is 2.29. The third kappa shape index (κ3) is 1.70. The van der Waals surface area contributed by atoms with Gasteiger partial charge < -0.3 is 0 Å². The Kier molecular flexibility index (Phi) is 3.04. The van der Waals surface area contributed by atoms with Crippen LogP contribution < -0.4 is 0 Å². The lowest BCUT2D eigenvalue weighted by molar-refractivity contribution is 0.473. The average molecular weight is 213 g/mol. The van der Waals surface area contributed by atoms with E-state index in [1.54, 1.807) is 13.8 Å². The minimum absolute atomic E-state index is 0.000417. The van der Waals surface area contributed by atoms with Crippen LogP contribution in [0, 0.1) is 35.7 Å². The molecule has 0 aromatic heterocycles. The van der Waals surface area contributed by atoms with Gasteiger partial charge in [0, 0.05) is 0 Å². The van der Waals surface area contributed by atoms with E-state index in [0.29, 0.717) is 0 Å². The summed E-state index contributed by atoms with van der Waals surface area (Å²) in [7, 11) is 0. The van der Waals surface area contributed by atoms with Gasteiger partial charge >= 0.3 is 0 Å². The average Bonchev–Trinajstić information content (AvgIpc) is 2.16. The van der Waals surface area contributed by atoms with Gasteiger partial charge in [0.25, 0.3) is 0 Å². The van der Waals surface area contributed by atoms with Gasteiger partial charge in [-0.25, -0.2) is 13.2 Å². The van der Waals surface area contributed by atoms with Crippen molar-refractivity contribution >= 4 is 0 Å². The molecule has 1 rings (SSSR count). The van der Waals surface area contributed by atoms with Crippen molar-refractivity contribution < 1.29 is 13.2 Å². The van der Waals surface area contributed by atoms with Gasteiger partial charge in [-0.1, -0.05) is 13.8 Å². The maximum Gasteiger partial charge on any atom is 0.179 e. The SMILES string of the molecule is Cc1c(F)c(C#N)c(F)c(F)c1C(C)C. The summed E-state index contributed by atoms with van der Waals surface area (Å²) in [6.07, 6.45) is 0. The van der Waals surface area contributed by atoms with Gasteiger partial charge in [-0.05, 0) is 24.0 Å². The molecule has 0 aliphatic carbocycles. The van der Waals surface area contributed by atoms with Crippen molar-refractivity contribution in [2.75, 3.05) is 0 Å². The smallest absolute Gasteiger partial charge is 0.179 e. The first-order chi connectivity index (χ1) is 6.91. The molecule has 1 nitrogen and oxygen atoms in total. The Labute approximate surface area is 86.1 Å². The topological polar surface area (TPSA) is 23.8 Å². The predicted octanol–water partition coefficient (Wildman–Crippen LogP) is 3.41. The summed E-state index contributed by atoms with van der Waals surface area (Å²) in [5.41, 5.74) is -0.862. The van der Waals surface area contributed by atoms with Gasteiger partial charge in [-0.15, -0.1) is 0 Å². The second-order valence-electron chi connectivity index (χ2n) is 3.62. The number of hydrogen-bond donors (Lipinski definition) is 0. The molecule has 0 bridgehead atoms. The molecule has 0 unspecified atom stereocenters. The van der Waals surface area contributed by atoms with Crippen molar-refractivity contribution in [2.24, 2.45) is 0 Å². The van der Waals surface area contributed by atoms with E-state index in [1.165, 1.54) is 13.0 Å². The van der Waals surface area contributed by atoms with E-state index in [4.69, 9.17) is 5.26 Å². The first-order valence-corrected chi connectivity index (χ1v) is 4.48. The molecular formula is C11H10F3N. The normalized spacial score (nSPS) is 10.5. The van der Waals surface area contributed by atoms with E-state index in [2.05, 4.69) is 0 Å². The zero-order valence-electron chi connectivity index (χ0n) is 8.66. The van der Waals surface area contributed by atoms with Crippen molar-refractivity contribution in [3.05, 3.63) is 34.1 Å². The summed E-state index contributed by atoms with van der Waals surface area (Å²) in [6, 6.07) is 1.32. The summed E-state index contributed by atoms with van der Waals surface area (Å²) in [4.78, 5) is 0. The molecule has 0 N–H and O–H groups in total. The fourth-order valence-corrected chi connectivity index (χ4v) is 1.58. The molecule has 0 amide bonds. The number of halogens is 3. The van der Waals surface area contributed by atoms with Gasteiger partial charge in [0.2, 0.25) is 0 Å². The van der Waals surface area contributed by atoms with Crippen molar-refractivity contribution in [3.63, 3.8) is 0 Å². The molecule has 1 aromatic rings. The van der Waals surface area contributed by atoms with Crippen LogP contribution in [0.25, 0.3) is 0 Å². The molecule has 0 aliphatic heterocycles. The Bertz CT molecular complexity index is 415. The molecule has 1 aromatic carbocycles. The van der Waals surface area contributed by atoms with Gasteiger partial charge in [-0.2, -0.15) is 5.26 Å². The van der Waals surface area contributed by atoms with Gasteiger partial charge in [0.05, 0.1) is 0 Å². The Morgan fingerprint density at radius 2 is 1.60 bits per heavy atom. The Balaban J connectivity index is 3.69. The lowest BCUT2D eigenvalue weighted by Crippen LogP contribution is -2.07. The highest BCUT2D eigenvalue weighted by atomic mass is 19.2. The molecule has 0 atom stereocenters. The van der Waals surface area contributed by atoms with E-state index in [-0.39, 0.29) is 17.0 Å².